The van der Waals surface area contributed by atoms with Gasteiger partial charge in [0.15, 0.2) is 0 Å². The summed E-state index contributed by atoms with van der Waals surface area (Å²) in [4.78, 5) is 0.652. The highest BCUT2D eigenvalue weighted by atomic mass is 32.1. The number of rotatable bonds is 2. The van der Waals surface area contributed by atoms with Gasteiger partial charge in [0.2, 0.25) is 0 Å². The fraction of sp³-hybridized carbons (Fsp3) is 0. The lowest BCUT2D eigenvalue weighted by molar-refractivity contribution is 0.479. The SMILES string of the molecule is Nc1ccc(Oc2ccc(F)cc2)cc1S. The van der Waals surface area contributed by atoms with Crippen LogP contribution in [0.5, 0.6) is 11.5 Å². The van der Waals surface area contributed by atoms with Gasteiger partial charge in [-0.05, 0) is 42.5 Å². The first-order chi connectivity index (χ1) is 7.65. The van der Waals surface area contributed by atoms with Crippen LogP contribution >= 0.6 is 12.6 Å². The van der Waals surface area contributed by atoms with Gasteiger partial charge in [-0.3, -0.25) is 0 Å². The number of ether oxygens (including phenoxy) is 1. The van der Waals surface area contributed by atoms with Crippen LogP contribution in [0, 0.1) is 5.82 Å². The van der Waals surface area contributed by atoms with E-state index in [0.717, 1.165) is 0 Å². The summed E-state index contributed by atoms with van der Waals surface area (Å²) in [6.07, 6.45) is 0. The summed E-state index contributed by atoms with van der Waals surface area (Å²) in [5.41, 5.74) is 6.21. The molecule has 0 aliphatic carbocycles. The largest absolute Gasteiger partial charge is 0.457 e. The van der Waals surface area contributed by atoms with Gasteiger partial charge < -0.3 is 10.5 Å². The molecule has 0 radical (unpaired) electrons. The summed E-state index contributed by atoms with van der Waals surface area (Å²) >= 11 is 4.19. The maximum Gasteiger partial charge on any atom is 0.128 e. The Hall–Kier alpha value is -1.68. The predicted octanol–water partition coefficient (Wildman–Crippen LogP) is 3.49. The quantitative estimate of drug-likeness (QED) is 0.617. The topological polar surface area (TPSA) is 35.2 Å². The Morgan fingerprint density at radius 3 is 2.25 bits per heavy atom. The highest BCUT2D eigenvalue weighted by Crippen LogP contribution is 2.26. The molecule has 0 saturated heterocycles. The fourth-order valence-electron chi connectivity index (χ4n) is 1.23. The van der Waals surface area contributed by atoms with E-state index in [1.807, 2.05) is 0 Å². The summed E-state index contributed by atoms with van der Waals surface area (Å²) in [5, 5.41) is 0. The molecule has 0 aliphatic heterocycles. The first kappa shape index (κ1) is 10.8. The number of hydrogen-bond donors (Lipinski definition) is 2. The number of nitrogen functional groups attached to an aromatic ring is 1. The molecule has 2 N–H and O–H groups in total. The molecule has 2 aromatic carbocycles. The number of benzene rings is 2. The molecule has 0 fully saturated rings. The average Bonchev–Trinajstić information content (AvgIpc) is 2.27. The van der Waals surface area contributed by atoms with Crippen molar-refractivity contribution >= 4 is 18.3 Å². The Morgan fingerprint density at radius 2 is 1.62 bits per heavy atom. The van der Waals surface area contributed by atoms with Gasteiger partial charge in [-0.15, -0.1) is 12.6 Å². The predicted molar refractivity (Wildman–Crippen MR) is 64.6 cm³/mol. The van der Waals surface area contributed by atoms with Crippen molar-refractivity contribution in [1.82, 2.24) is 0 Å². The lowest BCUT2D eigenvalue weighted by Crippen LogP contribution is -1.89. The first-order valence-electron chi connectivity index (χ1n) is 4.67. The Labute approximate surface area is 98.3 Å². The molecule has 2 rings (SSSR count). The van der Waals surface area contributed by atoms with E-state index >= 15 is 0 Å². The van der Waals surface area contributed by atoms with Crippen LogP contribution in [-0.2, 0) is 0 Å². The van der Waals surface area contributed by atoms with Crippen molar-refractivity contribution in [2.75, 3.05) is 5.73 Å². The number of hydrogen-bond acceptors (Lipinski definition) is 3. The second kappa shape index (κ2) is 4.45. The third-order valence-electron chi connectivity index (χ3n) is 2.05. The molecule has 16 heavy (non-hydrogen) atoms. The number of thiol groups is 1. The minimum Gasteiger partial charge on any atom is -0.457 e. The number of nitrogens with two attached hydrogens (primary N) is 1. The van der Waals surface area contributed by atoms with E-state index in [9.17, 15) is 4.39 Å². The molecule has 0 aliphatic rings. The van der Waals surface area contributed by atoms with Gasteiger partial charge in [0.1, 0.15) is 17.3 Å². The van der Waals surface area contributed by atoms with Gasteiger partial charge in [0.25, 0.3) is 0 Å². The van der Waals surface area contributed by atoms with Crippen molar-refractivity contribution < 1.29 is 9.13 Å². The standard InChI is InChI=1S/C12H10FNOS/c13-8-1-3-9(4-2-8)15-10-5-6-11(14)12(16)7-10/h1-7,16H,14H2. The van der Waals surface area contributed by atoms with Crippen LogP contribution in [0.15, 0.2) is 47.4 Å². The Morgan fingerprint density at radius 1 is 1.00 bits per heavy atom. The van der Waals surface area contributed by atoms with E-state index < -0.39 is 0 Å². The molecule has 2 aromatic rings. The third-order valence-corrected chi connectivity index (χ3v) is 2.44. The monoisotopic (exact) mass is 235 g/mol. The number of anilines is 1. The number of halogens is 1. The van der Waals surface area contributed by atoms with Crippen molar-refractivity contribution in [1.29, 1.82) is 0 Å². The first-order valence-corrected chi connectivity index (χ1v) is 5.12. The molecule has 0 atom stereocenters. The van der Waals surface area contributed by atoms with Crippen LogP contribution in [0.2, 0.25) is 0 Å². The van der Waals surface area contributed by atoms with E-state index in [4.69, 9.17) is 10.5 Å². The normalized spacial score (nSPS) is 10.1. The summed E-state index contributed by atoms with van der Waals surface area (Å²) in [6, 6.07) is 11.0. The molecule has 4 heteroatoms. The minimum atomic E-state index is -0.292. The van der Waals surface area contributed by atoms with Gasteiger partial charge in [-0.25, -0.2) is 4.39 Å². The smallest absolute Gasteiger partial charge is 0.128 e. The van der Waals surface area contributed by atoms with Gasteiger partial charge in [0, 0.05) is 10.6 Å². The van der Waals surface area contributed by atoms with E-state index in [1.165, 1.54) is 12.1 Å². The molecular formula is C12H10FNOS. The van der Waals surface area contributed by atoms with Crippen molar-refractivity contribution in [3.8, 4) is 11.5 Å². The Bertz CT molecular complexity index is 499. The molecule has 0 saturated carbocycles. The zero-order valence-corrected chi connectivity index (χ0v) is 9.25. The summed E-state index contributed by atoms with van der Waals surface area (Å²) < 4.78 is 18.2. The summed E-state index contributed by atoms with van der Waals surface area (Å²) in [7, 11) is 0. The molecule has 0 amide bonds. The fourth-order valence-corrected chi connectivity index (χ4v) is 1.43. The van der Waals surface area contributed by atoms with Gasteiger partial charge in [-0.1, -0.05) is 0 Å². The molecule has 0 unspecified atom stereocenters. The van der Waals surface area contributed by atoms with Crippen LogP contribution in [-0.4, -0.2) is 0 Å². The Balaban J connectivity index is 2.20. The molecule has 82 valence electrons. The minimum absolute atomic E-state index is 0.292. The van der Waals surface area contributed by atoms with Crippen LogP contribution in [0.25, 0.3) is 0 Å². The molecule has 0 spiro atoms. The maximum absolute atomic E-state index is 12.7. The molecule has 2 nitrogen and oxygen atoms in total. The second-order valence-corrected chi connectivity index (χ2v) is 3.76. The lowest BCUT2D eigenvalue weighted by Gasteiger charge is -2.07. The maximum atomic E-state index is 12.7. The average molecular weight is 235 g/mol. The molecular weight excluding hydrogens is 225 g/mol. The molecule has 0 bridgehead atoms. The van der Waals surface area contributed by atoms with Gasteiger partial charge in [-0.2, -0.15) is 0 Å². The van der Waals surface area contributed by atoms with Gasteiger partial charge in [0.05, 0.1) is 0 Å². The zero-order chi connectivity index (χ0) is 11.5. The van der Waals surface area contributed by atoms with Crippen molar-refractivity contribution in [2.24, 2.45) is 0 Å². The van der Waals surface area contributed by atoms with Crippen LogP contribution in [0.3, 0.4) is 0 Å². The molecule has 0 aromatic heterocycles. The van der Waals surface area contributed by atoms with E-state index in [0.29, 0.717) is 22.1 Å². The highest BCUT2D eigenvalue weighted by molar-refractivity contribution is 7.80. The lowest BCUT2D eigenvalue weighted by atomic mass is 10.3. The highest BCUT2D eigenvalue weighted by Gasteiger charge is 2.00. The van der Waals surface area contributed by atoms with E-state index in [-0.39, 0.29) is 5.82 Å². The second-order valence-electron chi connectivity index (χ2n) is 3.28. The summed E-state index contributed by atoms with van der Waals surface area (Å²) in [5.74, 6) is 0.893. The van der Waals surface area contributed by atoms with E-state index in [2.05, 4.69) is 12.6 Å². The summed E-state index contributed by atoms with van der Waals surface area (Å²) in [6.45, 7) is 0. The Kier molecular flexibility index (Phi) is 3.01. The van der Waals surface area contributed by atoms with Crippen molar-refractivity contribution in [2.45, 2.75) is 4.90 Å². The van der Waals surface area contributed by atoms with Crippen LogP contribution in [0.4, 0.5) is 10.1 Å². The molecule has 0 heterocycles. The van der Waals surface area contributed by atoms with Crippen LogP contribution < -0.4 is 10.5 Å². The third kappa shape index (κ3) is 2.46. The van der Waals surface area contributed by atoms with Crippen molar-refractivity contribution in [3.05, 3.63) is 48.3 Å². The van der Waals surface area contributed by atoms with Crippen molar-refractivity contribution in [3.63, 3.8) is 0 Å². The zero-order valence-electron chi connectivity index (χ0n) is 8.35. The van der Waals surface area contributed by atoms with E-state index in [1.54, 1.807) is 30.3 Å². The van der Waals surface area contributed by atoms with Gasteiger partial charge >= 0.3 is 0 Å². The van der Waals surface area contributed by atoms with Crippen LogP contribution in [0.1, 0.15) is 0 Å².